The lowest BCUT2D eigenvalue weighted by Gasteiger charge is -2.18. The van der Waals surface area contributed by atoms with Crippen molar-refractivity contribution in [1.82, 2.24) is 0 Å². The zero-order valence-electron chi connectivity index (χ0n) is 21.1. The lowest BCUT2D eigenvalue weighted by atomic mass is 9.85. The van der Waals surface area contributed by atoms with Crippen LogP contribution in [0.5, 0.6) is 0 Å². The fourth-order valence-electron chi connectivity index (χ4n) is 5.33. The maximum atomic E-state index is 6.14. The SMILES string of the molecule is C=Cc1ccc(-c2c3ccccc3c(-c3ccc(Nc4ccccc4N)cc3)c3ccccc23)cc1C=C. The molecule has 0 radical (unpaired) electrons. The van der Waals surface area contributed by atoms with Crippen molar-refractivity contribution in [1.29, 1.82) is 0 Å². The number of nitrogen functional groups attached to an aromatic ring is 1. The van der Waals surface area contributed by atoms with E-state index >= 15 is 0 Å². The average molecular weight is 489 g/mol. The van der Waals surface area contributed by atoms with E-state index in [1.165, 1.54) is 43.8 Å². The summed E-state index contributed by atoms with van der Waals surface area (Å²) < 4.78 is 0. The van der Waals surface area contributed by atoms with Crippen LogP contribution < -0.4 is 11.1 Å². The number of nitrogens with one attached hydrogen (secondary N) is 1. The Morgan fingerprint density at radius 1 is 0.526 bits per heavy atom. The topological polar surface area (TPSA) is 38.0 Å². The monoisotopic (exact) mass is 488 g/mol. The molecule has 182 valence electrons. The van der Waals surface area contributed by atoms with Gasteiger partial charge in [-0.2, -0.15) is 0 Å². The third kappa shape index (κ3) is 4.03. The number of anilines is 3. The molecule has 0 aliphatic rings. The van der Waals surface area contributed by atoms with Gasteiger partial charge in [-0.25, -0.2) is 0 Å². The Kier molecular flexibility index (Phi) is 5.99. The van der Waals surface area contributed by atoms with Gasteiger partial charge in [0.05, 0.1) is 11.4 Å². The fourth-order valence-corrected chi connectivity index (χ4v) is 5.33. The third-order valence-corrected chi connectivity index (χ3v) is 7.16. The van der Waals surface area contributed by atoms with Crippen LogP contribution in [0.4, 0.5) is 17.1 Å². The molecule has 0 aromatic heterocycles. The first-order valence-electron chi connectivity index (χ1n) is 12.7. The molecular formula is C36H28N2. The Bertz CT molecular complexity index is 1770. The lowest BCUT2D eigenvalue weighted by molar-refractivity contribution is 1.54. The molecular weight excluding hydrogens is 460 g/mol. The van der Waals surface area contributed by atoms with E-state index in [0.717, 1.165) is 28.2 Å². The molecule has 0 saturated carbocycles. The lowest BCUT2D eigenvalue weighted by Crippen LogP contribution is -1.96. The maximum absolute atomic E-state index is 6.14. The Balaban J connectivity index is 1.55. The molecule has 0 aliphatic carbocycles. The standard InChI is InChI=1S/C36H28N2/c1-3-24-17-18-27(23-25(24)4-2)36-31-13-7-5-11-29(31)35(30-12-6-8-14-32(30)36)26-19-21-28(22-20-26)38-34-16-10-9-15-33(34)37/h3-23,38H,1-2,37H2. The molecule has 6 rings (SSSR count). The highest BCUT2D eigenvalue weighted by Crippen LogP contribution is 2.44. The van der Waals surface area contributed by atoms with Gasteiger partial charge in [0.25, 0.3) is 0 Å². The first-order valence-corrected chi connectivity index (χ1v) is 12.7. The van der Waals surface area contributed by atoms with Gasteiger partial charge in [-0.3, -0.25) is 0 Å². The molecule has 0 fully saturated rings. The van der Waals surface area contributed by atoms with E-state index in [9.17, 15) is 0 Å². The van der Waals surface area contributed by atoms with Crippen LogP contribution in [0.15, 0.2) is 128 Å². The van der Waals surface area contributed by atoms with E-state index in [1.807, 2.05) is 36.4 Å². The molecule has 0 bridgehead atoms. The van der Waals surface area contributed by atoms with Crippen molar-refractivity contribution in [2.45, 2.75) is 0 Å². The smallest absolute Gasteiger partial charge is 0.0617 e. The van der Waals surface area contributed by atoms with Gasteiger partial charge in [0.15, 0.2) is 0 Å². The molecule has 38 heavy (non-hydrogen) atoms. The zero-order valence-corrected chi connectivity index (χ0v) is 21.1. The Morgan fingerprint density at radius 2 is 1.03 bits per heavy atom. The molecule has 0 atom stereocenters. The number of rotatable bonds is 6. The molecule has 0 spiro atoms. The third-order valence-electron chi connectivity index (χ3n) is 7.16. The molecule has 6 aromatic carbocycles. The van der Waals surface area contributed by atoms with Crippen LogP contribution in [0.2, 0.25) is 0 Å². The molecule has 2 nitrogen and oxygen atoms in total. The first kappa shape index (κ1) is 23.3. The molecule has 0 saturated heterocycles. The van der Waals surface area contributed by atoms with Crippen LogP contribution in [0.25, 0.3) is 56.0 Å². The van der Waals surface area contributed by atoms with Crippen LogP contribution in [-0.4, -0.2) is 0 Å². The van der Waals surface area contributed by atoms with E-state index in [0.29, 0.717) is 0 Å². The average Bonchev–Trinajstić information content (AvgIpc) is 2.97. The second kappa shape index (κ2) is 9.76. The second-order valence-corrected chi connectivity index (χ2v) is 9.38. The number of para-hydroxylation sites is 2. The number of fused-ring (bicyclic) bond motifs is 2. The van der Waals surface area contributed by atoms with E-state index in [2.05, 4.69) is 109 Å². The highest BCUT2D eigenvalue weighted by Gasteiger charge is 2.17. The summed E-state index contributed by atoms with van der Waals surface area (Å²) in [4.78, 5) is 0. The normalized spacial score (nSPS) is 10.9. The van der Waals surface area contributed by atoms with Crippen molar-refractivity contribution < 1.29 is 0 Å². The van der Waals surface area contributed by atoms with E-state index < -0.39 is 0 Å². The van der Waals surface area contributed by atoms with Crippen LogP contribution in [0.3, 0.4) is 0 Å². The molecule has 0 amide bonds. The molecule has 0 heterocycles. The van der Waals surface area contributed by atoms with Crippen molar-refractivity contribution in [3.63, 3.8) is 0 Å². The maximum Gasteiger partial charge on any atom is 0.0617 e. The van der Waals surface area contributed by atoms with Gasteiger partial charge in [-0.15, -0.1) is 0 Å². The Morgan fingerprint density at radius 3 is 1.58 bits per heavy atom. The van der Waals surface area contributed by atoms with Gasteiger partial charge in [0, 0.05) is 5.69 Å². The van der Waals surface area contributed by atoms with Gasteiger partial charge >= 0.3 is 0 Å². The zero-order chi connectivity index (χ0) is 26.1. The van der Waals surface area contributed by atoms with Crippen molar-refractivity contribution in [2.75, 3.05) is 11.1 Å². The van der Waals surface area contributed by atoms with Crippen molar-refractivity contribution in [3.05, 3.63) is 140 Å². The van der Waals surface area contributed by atoms with Gasteiger partial charge in [0.1, 0.15) is 0 Å². The predicted octanol–water partition coefficient (Wildman–Crippen LogP) is 9.94. The summed E-state index contributed by atoms with van der Waals surface area (Å²) in [5, 5.41) is 8.33. The number of nitrogens with two attached hydrogens (primary N) is 1. The van der Waals surface area contributed by atoms with E-state index in [1.54, 1.807) is 0 Å². The van der Waals surface area contributed by atoms with Gasteiger partial charge < -0.3 is 11.1 Å². The van der Waals surface area contributed by atoms with Crippen LogP contribution in [0.1, 0.15) is 11.1 Å². The van der Waals surface area contributed by atoms with Gasteiger partial charge in [-0.1, -0.05) is 110 Å². The summed E-state index contributed by atoms with van der Waals surface area (Å²) >= 11 is 0. The molecule has 3 N–H and O–H groups in total. The fraction of sp³-hybridized carbons (Fsp3) is 0. The Labute approximate surface area is 223 Å². The number of hydrogen-bond donors (Lipinski definition) is 2. The minimum Gasteiger partial charge on any atom is -0.397 e. The summed E-state index contributed by atoms with van der Waals surface area (Å²) in [5.74, 6) is 0. The Hall–Kier alpha value is -5.08. The van der Waals surface area contributed by atoms with Crippen molar-refractivity contribution in [3.8, 4) is 22.3 Å². The van der Waals surface area contributed by atoms with E-state index in [4.69, 9.17) is 5.73 Å². The first-order chi connectivity index (χ1) is 18.7. The molecule has 0 unspecified atom stereocenters. The molecule has 6 aromatic rings. The largest absolute Gasteiger partial charge is 0.397 e. The highest BCUT2D eigenvalue weighted by molar-refractivity contribution is 6.21. The van der Waals surface area contributed by atoms with Crippen LogP contribution in [-0.2, 0) is 0 Å². The number of hydrogen-bond acceptors (Lipinski definition) is 2. The van der Waals surface area contributed by atoms with Crippen LogP contribution >= 0.6 is 0 Å². The van der Waals surface area contributed by atoms with Crippen LogP contribution in [0, 0.1) is 0 Å². The molecule has 2 heteroatoms. The summed E-state index contributed by atoms with van der Waals surface area (Å²) in [6.45, 7) is 7.99. The molecule has 0 aliphatic heterocycles. The summed E-state index contributed by atoms with van der Waals surface area (Å²) in [7, 11) is 0. The summed E-state index contributed by atoms with van der Waals surface area (Å²) in [6.07, 6.45) is 3.78. The van der Waals surface area contributed by atoms with Gasteiger partial charge in [-0.05, 0) is 85.3 Å². The minimum absolute atomic E-state index is 0.727. The van der Waals surface area contributed by atoms with Gasteiger partial charge in [0.2, 0.25) is 0 Å². The minimum atomic E-state index is 0.727. The number of benzene rings is 6. The van der Waals surface area contributed by atoms with E-state index in [-0.39, 0.29) is 0 Å². The highest BCUT2D eigenvalue weighted by atomic mass is 14.9. The summed E-state index contributed by atoms with van der Waals surface area (Å²) in [6, 6.07) is 40.3. The van der Waals surface area contributed by atoms with Crippen molar-refractivity contribution >= 4 is 50.8 Å². The quantitative estimate of drug-likeness (QED) is 0.181. The predicted molar refractivity (Wildman–Crippen MR) is 167 cm³/mol. The summed E-state index contributed by atoms with van der Waals surface area (Å²) in [5.41, 5.74) is 15.7. The van der Waals surface area contributed by atoms with Crippen molar-refractivity contribution in [2.24, 2.45) is 0 Å². The second-order valence-electron chi connectivity index (χ2n) is 9.38.